The zero-order valence-electron chi connectivity index (χ0n) is 17.2. The van der Waals surface area contributed by atoms with Crippen LogP contribution in [0.3, 0.4) is 0 Å². The van der Waals surface area contributed by atoms with Gasteiger partial charge < -0.3 is 4.90 Å². The fraction of sp³-hybridized carbons (Fsp3) is 0.280. The van der Waals surface area contributed by atoms with E-state index in [-0.39, 0.29) is 17.8 Å². The zero-order valence-corrected chi connectivity index (χ0v) is 17.2. The summed E-state index contributed by atoms with van der Waals surface area (Å²) in [5.41, 5.74) is 3.75. The summed E-state index contributed by atoms with van der Waals surface area (Å²) >= 11 is 0. The molecule has 4 nitrogen and oxygen atoms in total. The van der Waals surface area contributed by atoms with Gasteiger partial charge in [0.1, 0.15) is 5.82 Å². The Hall–Kier alpha value is -3.05. The number of likely N-dealkylation sites (tertiary alicyclic amines) is 1. The molecule has 1 aliphatic heterocycles. The Balaban J connectivity index is 1.52. The first kappa shape index (κ1) is 20.2. The van der Waals surface area contributed by atoms with E-state index in [1.54, 1.807) is 18.3 Å². The average molecular weight is 404 g/mol. The SMILES string of the molecule is Cc1ccc(N(C(=O)c2ccc(F)cc2)C2CCN(Cc3cccnc3)CC2)cc1. The lowest BCUT2D eigenvalue weighted by atomic mass is 10.00. The van der Waals surface area contributed by atoms with E-state index in [1.165, 1.54) is 17.7 Å². The Bertz CT molecular complexity index is 966. The summed E-state index contributed by atoms with van der Waals surface area (Å²) in [6, 6.07) is 18.0. The van der Waals surface area contributed by atoms with Crippen molar-refractivity contribution in [1.29, 1.82) is 0 Å². The molecule has 4 rings (SSSR count). The quantitative estimate of drug-likeness (QED) is 0.612. The second-order valence-electron chi connectivity index (χ2n) is 7.89. The molecule has 3 aromatic rings. The molecule has 5 heteroatoms. The molecule has 2 heterocycles. The van der Waals surface area contributed by atoms with Crippen molar-refractivity contribution in [2.75, 3.05) is 18.0 Å². The van der Waals surface area contributed by atoms with Crippen LogP contribution in [0.1, 0.15) is 34.3 Å². The van der Waals surface area contributed by atoms with Gasteiger partial charge in [0.2, 0.25) is 0 Å². The van der Waals surface area contributed by atoms with E-state index in [4.69, 9.17) is 0 Å². The van der Waals surface area contributed by atoms with E-state index in [2.05, 4.69) is 16.0 Å². The maximum absolute atomic E-state index is 13.4. The van der Waals surface area contributed by atoms with Gasteiger partial charge >= 0.3 is 0 Å². The first-order valence-electron chi connectivity index (χ1n) is 10.4. The molecule has 0 atom stereocenters. The van der Waals surface area contributed by atoms with Crippen LogP contribution in [0.5, 0.6) is 0 Å². The van der Waals surface area contributed by atoms with Crippen LogP contribution in [0.2, 0.25) is 0 Å². The van der Waals surface area contributed by atoms with Gasteiger partial charge in [-0.05, 0) is 67.8 Å². The molecule has 0 saturated carbocycles. The van der Waals surface area contributed by atoms with Crippen molar-refractivity contribution in [2.45, 2.75) is 32.4 Å². The summed E-state index contributed by atoms with van der Waals surface area (Å²) in [4.78, 5) is 21.9. The second-order valence-corrected chi connectivity index (χ2v) is 7.89. The molecule has 0 aliphatic carbocycles. The van der Waals surface area contributed by atoms with Crippen LogP contribution in [-0.2, 0) is 6.54 Å². The van der Waals surface area contributed by atoms with Gasteiger partial charge in [-0.25, -0.2) is 4.39 Å². The van der Waals surface area contributed by atoms with E-state index in [9.17, 15) is 9.18 Å². The molecule has 0 N–H and O–H groups in total. The predicted octanol–water partition coefficient (Wildman–Crippen LogP) is 4.84. The van der Waals surface area contributed by atoms with Gasteiger partial charge in [-0.1, -0.05) is 23.8 Å². The summed E-state index contributed by atoms with van der Waals surface area (Å²) in [5.74, 6) is -0.415. The highest BCUT2D eigenvalue weighted by Crippen LogP contribution is 2.27. The lowest BCUT2D eigenvalue weighted by molar-refractivity contribution is 0.0958. The second kappa shape index (κ2) is 9.18. The monoisotopic (exact) mass is 403 g/mol. The Morgan fingerprint density at radius 1 is 1.07 bits per heavy atom. The number of carbonyl (C=O) groups is 1. The molecular weight excluding hydrogens is 377 g/mol. The minimum atomic E-state index is -0.336. The molecule has 1 amide bonds. The highest BCUT2D eigenvalue weighted by molar-refractivity contribution is 6.06. The van der Waals surface area contributed by atoms with Crippen molar-refractivity contribution < 1.29 is 9.18 Å². The van der Waals surface area contributed by atoms with Crippen LogP contribution in [0.25, 0.3) is 0 Å². The standard InChI is InChI=1S/C25H26FN3O/c1-19-4-10-23(11-5-19)29(25(30)21-6-8-22(26)9-7-21)24-12-15-28(16-13-24)18-20-3-2-14-27-17-20/h2-11,14,17,24H,12-13,15-16,18H2,1H3. The molecule has 0 spiro atoms. The smallest absolute Gasteiger partial charge is 0.258 e. The minimum Gasteiger partial charge on any atom is -0.305 e. The van der Waals surface area contributed by atoms with Gasteiger partial charge in [-0.3, -0.25) is 14.7 Å². The summed E-state index contributed by atoms with van der Waals surface area (Å²) in [6.45, 7) is 4.74. The number of halogens is 1. The zero-order chi connectivity index (χ0) is 20.9. The molecule has 0 radical (unpaired) electrons. The normalized spacial score (nSPS) is 15.1. The van der Waals surface area contributed by atoms with Crippen molar-refractivity contribution >= 4 is 11.6 Å². The third kappa shape index (κ3) is 4.74. The third-order valence-electron chi connectivity index (χ3n) is 5.67. The average Bonchev–Trinajstić information content (AvgIpc) is 2.77. The predicted molar refractivity (Wildman–Crippen MR) is 117 cm³/mol. The number of pyridine rings is 1. The number of hydrogen-bond donors (Lipinski definition) is 0. The van der Waals surface area contributed by atoms with Gasteiger partial charge in [0, 0.05) is 49.3 Å². The fourth-order valence-electron chi connectivity index (χ4n) is 4.02. The number of piperidine rings is 1. The molecular formula is C25H26FN3O. The van der Waals surface area contributed by atoms with Crippen LogP contribution in [0.4, 0.5) is 10.1 Å². The van der Waals surface area contributed by atoms with E-state index in [0.29, 0.717) is 5.56 Å². The van der Waals surface area contributed by atoms with Crippen LogP contribution >= 0.6 is 0 Å². The van der Waals surface area contributed by atoms with Gasteiger partial charge in [0.05, 0.1) is 0 Å². The molecule has 0 unspecified atom stereocenters. The van der Waals surface area contributed by atoms with Crippen molar-refractivity contribution in [1.82, 2.24) is 9.88 Å². The van der Waals surface area contributed by atoms with Gasteiger partial charge in [-0.15, -0.1) is 0 Å². The van der Waals surface area contributed by atoms with E-state index in [1.807, 2.05) is 48.4 Å². The first-order valence-corrected chi connectivity index (χ1v) is 10.4. The van der Waals surface area contributed by atoms with Crippen LogP contribution in [-0.4, -0.2) is 34.9 Å². The van der Waals surface area contributed by atoms with Gasteiger partial charge in [0.15, 0.2) is 0 Å². The van der Waals surface area contributed by atoms with Gasteiger partial charge in [0.25, 0.3) is 5.91 Å². The van der Waals surface area contributed by atoms with Gasteiger partial charge in [-0.2, -0.15) is 0 Å². The molecule has 1 fully saturated rings. The summed E-state index contributed by atoms with van der Waals surface area (Å²) in [7, 11) is 0. The number of aryl methyl sites for hydroxylation is 1. The fourth-order valence-corrected chi connectivity index (χ4v) is 4.02. The Morgan fingerprint density at radius 2 is 1.77 bits per heavy atom. The molecule has 1 aliphatic rings. The highest BCUT2D eigenvalue weighted by atomic mass is 19.1. The van der Waals surface area contributed by atoms with Crippen molar-refractivity contribution in [3.05, 3.63) is 95.6 Å². The topological polar surface area (TPSA) is 36.4 Å². The largest absolute Gasteiger partial charge is 0.305 e. The highest BCUT2D eigenvalue weighted by Gasteiger charge is 2.30. The summed E-state index contributed by atoms with van der Waals surface area (Å²) in [5, 5.41) is 0. The summed E-state index contributed by atoms with van der Waals surface area (Å²) < 4.78 is 13.4. The maximum atomic E-state index is 13.4. The number of nitrogens with zero attached hydrogens (tertiary/aromatic N) is 3. The minimum absolute atomic E-state index is 0.0791. The van der Waals surface area contributed by atoms with Crippen molar-refractivity contribution in [3.63, 3.8) is 0 Å². The first-order chi connectivity index (χ1) is 14.6. The number of hydrogen-bond acceptors (Lipinski definition) is 3. The summed E-state index contributed by atoms with van der Waals surface area (Å²) in [6.07, 6.45) is 5.47. The molecule has 1 saturated heterocycles. The number of carbonyl (C=O) groups excluding carboxylic acids is 1. The number of benzene rings is 2. The van der Waals surface area contributed by atoms with E-state index >= 15 is 0 Å². The Labute approximate surface area is 177 Å². The molecule has 0 bridgehead atoms. The van der Waals surface area contributed by atoms with Crippen LogP contribution in [0, 0.1) is 12.7 Å². The number of amides is 1. The number of anilines is 1. The third-order valence-corrected chi connectivity index (χ3v) is 5.67. The van der Waals surface area contributed by atoms with E-state index in [0.717, 1.165) is 43.7 Å². The number of rotatable bonds is 5. The van der Waals surface area contributed by atoms with Crippen LogP contribution < -0.4 is 4.90 Å². The molecule has 2 aromatic carbocycles. The molecule has 154 valence electrons. The van der Waals surface area contributed by atoms with Crippen molar-refractivity contribution in [3.8, 4) is 0 Å². The lowest BCUT2D eigenvalue weighted by Crippen LogP contribution is -2.47. The lowest BCUT2D eigenvalue weighted by Gasteiger charge is -2.38. The maximum Gasteiger partial charge on any atom is 0.258 e. The number of aromatic nitrogens is 1. The van der Waals surface area contributed by atoms with Crippen LogP contribution in [0.15, 0.2) is 73.1 Å². The van der Waals surface area contributed by atoms with E-state index < -0.39 is 0 Å². The Kier molecular flexibility index (Phi) is 6.19. The Morgan fingerprint density at radius 3 is 2.40 bits per heavy atom. The molecule has 30 heavy (non-hydrogen) atoms. The molecule has 1 aromatic heterocycles. The van der Waals surface area contributed by atoms with Crippen molar-refractivity contribution in [2.24, 2.45) is 0 Å².